The molecule has 2 rings (SSSR count). The van der Waals surface area contributed by atoms with Crippen LogP contribution in [0.15, 0.2) is 29.2 Å². The Kier molecular flexibility index (Phi) is 4.83. The number of benzene rings is 1. The molecular formula is C14H15ClN2O2S. The Bertz CT molecular complexity index is 648. The highest BCUT2D eigenvalue weighted by molar-refractivity contribution is 8.00. The van der Waals surface area contributed by atoms with Crippen LogP contribution in [0.5, 0.6) is 0 Å². The molecule has 0 amide bonds. The average Bonchev–Trinajstić information content (AvgIpc) is 2.38. The number of non-ortho nitro benzene ring substituents is 1. The van der Waals surface area contributed by atoms with E-state index in [1.807, 2.05) is 13.0 Å². The molecule has 2 aromatic rings. The summed E-state index contributed by atoms with van der Waals surface area (Å²) in [5.41, 5.74) is 1.79. The molecule has 0 N–H and O–H groups in total. The number of nitrogens with zero attached hydrogens (tertiary/aromatic N) is 2. The molecule has 1 unspecified atom stereocenters. The molecule has 6 heteroatoms. The maximum absolute atomic E-state index is 10.9. The van der Waals surface area contributed by atoms with Crippen molar-refractivity contribution in [1.29, 1.82) is 0 Å². The first-order chi connectivity index (χ1) is 9.51. The van der Waals surface area contributed by atoms with Crippen molar-refractivity contribution in [2.75, 3.05) is 5.88 Å². The van der Waals surface area contributed by atoms with Crippen LogP contribution in [-0.2, 0) is 0 Å². The molecule has 1 aromatic carbocycles. The number of aromatic nitrogens is 1. The highest BCUT2D eigenvalue weighted by atomic mass is 35.5. The van der Waals surface area contributed by atoms with Gasteiger partial charge in [0.25, 0.3) is 5.69 Å². The zero-order valence-electron chi connectivity index (χ0n) is 11.3. The Morgan fingerprint density at radius 2 is 2.20 bits per heavy atom. The summed E-state index contributed by atoms with van der Waals surface area (Å²) in [6.45, 7) is 4.03. The van der Waals surface area contributed by atoms with Gasteiger partial charge in [0.1, 0.15) is 0 Å². The third-order valence-electron chi connectivity index (χ3n) is 2.94. The number of nitro groups is 1. The Balaban J connectivity index is 2.50. The number of nitro benzene ring substituents is 1. The molecule has 0 aliphatic rings. The molecule has 1 atom stereocenters. The lowest BCUT2D eigenvalue weighted by Crippen LogP contribution is -1.98. The van der Waals surface area contributed by atoms with Crippen LogP contribution < -0.4 is 0 Å². The number of hydrogen-bond acceptors (Lipinski definition) is 4. The van der Waals surface area contributed by atoms with Crippen LogP contribution in [0.25, 0.3) is 10.9 Å². The summed E-state index contributed by atoms with van der Waals surface area (Å²) in [6.07, 6.45) is 0.893. The van der Waals surface area contributed by atoms with Gasteiger partial charge in [0.05, 0.1) is 10.4 Å². The van der Waals surface area contributed by atoms with Crippen LogP contribution in [0, 0.1) is 17.0 Å². The second kappa shape index (κ2) is 6.41. The first-order valence-corrected chi connectivity index (χ1v) is 7.71. The molecule has 20 heavy (non-hydrogen) atoms. The zero-order valence-corrected chi connectivity index (χ0v) is 12.9. The van der Waals surface area contributed by atoms with Gasteiger partial charge in [0.15, 0.2) is 0 Å². The van der Waals surface area contributed by atoms with Gasteiger partial charge in [-0.25, -0.2) is 0 Å². The van der Waals surface area contributed by atoms with Crippen molar-refractivity contribution in [1.82, 2.24) is 4.98 Å². The Morgan fingerprint density at radius 3 is 2.85 bits per heavy atom. The fourth-order valence-corrected chi connectivity index (χ4v) is 3.60. The van der Waals surface area contributed by atoms with Gasteiger partial charge in [-0.05, 0) is 25.5 Å². The SMILES string of the molecule is Cc1cc(SC(C)CCCl)c2cc([N+](=O)[O-])ccc2n1. The van der Waals surface area contributed by atoms with Crippen molar-refractivity contribution in [3.05, 3.63) is 40.1 Å². The van der Waals surface area contributed by atoms with E-state index in [2.05, 4.69) is 11.9 Å². The van der Waals surface area contributed by atoms with E-state index in [0.717, 1.165) is 27.9 Å². The molecule has 106 valence electrons. The number of alkyl halides is 1. The first-order valence-electron chi connectivity index (χ1n) is 6.29. The second-order valence-electron chi connectivity index (χ2n) is 4.63. The Labute approximate surface area is 126 Å². The number of aryl methyl sites for hydroxylation is 1. The molecular weight excluding hydrogens is 296 g/mol. The lowest BCUT2D eigenvalue weighted by Gasteiger charge is -2.12. The third kappa shape index (κ3) is 3.41. The third-order valence-corrected chi connectivity index (χ3v) is 4.38. The highest BCUT2D eigenvalue weighted by Gasteiger charge is 2.13. The number of pyridine rings is 1. The van der Waals surface area contributed by atoms with Crippen molar-refractivity contribution in [2.24, 2.45) is 0 Å². The molecule has 0 saturated carbocycles. The van der Waals surface area contributed by atoms with Crippen molar-refractivity contribution in [3.63, 3.8) is 0 Å². The van der Waals surface area contributed by atoms with Gasteiger partial charge in [-0.3, -0.25) is 15.1 Å². The number of rotatable bonds is 5. The summed E-state index contributed by atoms with van der Waals surface area (Å²) in [5.74, 6) is 0.607. The fraction of sp³-hybridized carbons (Fsp3) is 0.357. The second-order valence-corrected chi connectivity index (χ2v) is 6.48. The molecule has 0 bridgehead atoms. The van der Waals surface area contributed by atoms with Crippen LogP contribution in [0.2, 0.25) is 0 Å². The number of fused-ring (bicyclic) bond motifs is 1. The van der Waals surface area contributed by atoms with E-state index < -0.39 is 0 Å². The number of hydrogen-bond donors (Lipinski definition) is 0. The van der Waals surface area contributed by atoms with E-state index in [1.165, 1.54) is 6.07 Å². The van der Waals surface area contributed by atoms with Crippen LogP contribution in [0.3, 0.4) is 0 Å². The monoisotopic (exact) mass is 310 g/mol. The summed E-state index contributed by atoms with van der Waals surface area (Å²) < 4.78 is 0. The first kappa shape index (κ1) is 15.1. The zero-order chi connectivity index (χ0) is 14.7. The minimum absolute atomic E-state index is 0.0926. The van der Waals surface area contributed by atoms with E-state index in [0.29, 0.717) is 11.1 Å². The maximum Gasteiger partial charge on any atom is 0.270 e. The smallest absolute Gasteiger partial charge is 0.258 e. The van der Waals surface area contributed by atoms with Crippen LogP contribution in [0.4, 0.5) is 5.69 Å². The van der Waals surface area contributed by atoms with Crippen LogP contribution in [0.1, 0.15) is 19.0 Å². The van der Waals surface area contributed by atoms with E-state index in [1.54, 1.807) is 23.9 Å². The van der Waals surface area contributed by atoms with E-state index in [4.69, 9.17) is 11.6 Å². The van der Waals surface area contributed by atoms with E-state index in [-0.39, 0.29) is 10.6 Å². The van der Waals surface area contributed by atoms with E-state index >= 15 is 0 Å². The van der Waals surface area contributed by atoms with Gasteiger partial charge in [-0.1, -0.05) is 6.92 Å². The summed E-state index contributed by atoms with van der Waals surface area (Å²) in [6, 6.07) is 6.77. The van der Waals surface area contributed by atoms with Crippen molar-refractivity contribution in [2.45, 2.75) is 30.4 Å². The lowest BCUT2D eigenvalue weighted by atomic mass is 10.2. The summed E-state index contributed by atoms with van der Waals surface area (Å²) >= 11 is 7.45. The summed E-state index contributed by atoms with van der Waals surface area (Å²) in [5, 5.41) is 12.1. The predicted octanol–water partition coefficient (Wildman–Crippen LogP) is 4.56. The van der Waals surface area contributed by atoms with Crippen molar-refractivity contribution < 1.29 is 4.92 Å². The normalized spacial score (nSPS) is 12.6. The molecule has 1 aromatic heterocycles. The average molecular weight is 311 g/mol. The number of thioether (sulfide) groups is 1. The molecule has 4 nitrogen and oxygen atoms in total. The standard InChI is InChI=1S/C14H15ClN2O2S/c1-9-7-14(20-10(2)5-6-15)12-8-11(17(18)19)3-4-13(12)16-9/h3-4,7-8,10H,5-6H2,1-2H3. The van der Waals surface area contributed by atoms with Gasteiger partial charge in [0, 0.05) is 39.2 Å². The van der Waals surface area contributed by atoms with Crippen molar-refractivity contribution >= 4 is 40.0 Å². The van der Waals surface area contributed by atoms with Crippen LogP contribution >= 0.6 is 23.4 Å². The largest absolute Gasteiger partial charge is 0.270 e. The molecule has 0 aliphatic carbocycles. The topological polar surface area (TPSA) is 56.0 Å². The summed E-state index contributed by atoms with van der Waals surface area (Å²) in [4.78, 5) is 16.0. The molecule has 0 spiro atoms. The molecule has 0 aliphatic heterocycles. The minimum Gasteiger partial charge on any atom is -0.258 e. The minimum atomic E-state index is -0.379. The highest BCUT2D eigenvalue weighted by Crippen LogP contribution is 2.33. The molecule has 0 radical (unpaired) electrons. The fourth-order valence-electron chi connectivity index (χ4n) is 1.95. The lowest BCUT2D eigenvalue weighted by molar-refractivity contribution is -0.384. The van der Waals surface area contributed by atoms with Gasteiger partial charge in [-0.2, -0.15) is 0 Å². The van der Waals surface area contributed by atoms with Gasteiger partial charge < -0.3 is 0 Å². The van der Waals surface area contributed by atoms with Crippen LogP contribution in [-0.4, -0.2) is 21.0 Å². The molecule has 1 heterocycles. The van der Waals surface area contributed by atoms with Gasteiger partial charge in [0.2, 0.25) is 0 Å². The van der Waals surface area contributed by atoms with Gasteiger partial charge >= 0.3 is 0 Å². The number of halogens is 1. The Hall–Kier alpha value is -1.33. The predicted molar refractivity (Wildman–Crippen MR) is 83.8 cm³/mol. The van der Waals surface area contributed by atoms with Gasteiger partial charge in [-0.15, -0.1) is 23.4 Å². The van der Waals surface area contributed by atoms with E-state index in [9.17, 15) is 10.1 Å². The Morgan fingerprint density at radius 1 is 1.45 bits per heavy atom. The maximum atomic E-state index is 10.9. The van der Waals surface area contributed by atoms with Crippen molar-refractivity contribution in [3.8, 4) is 0 Å². The molecule has 0 saturated heterocycles. The quantitative estimate of drug-likeness (QED) is 0.351. The summed E-state index contributed by atoms with van der Waals surface area (Å²) in [7, 11) is 0. The molecule has 0 fully saturated rings.